The summed E-state index contributed by atoms with van der Waals surface area (Å²) in [7, 11) is 1.64. The third kappa shape index (κ3) is 2.73. The Kier molecular flexibility index (Phi) is 3.50. The van der Waals surface area contributed by atoms with E-state index in [1.54, 1.807) is 26.4 Å². The van der Waals surface area contributed by atoms with Gasteiger partial charge in [0.1, 0.15) is 5.82 Å². The third-order valence-corrected chi connectivity index (χ3v) is 2.95. The van der Waals surface area contributed by atoms with Crippen molar-refractivity contribution in [1.82, 2.24) is 15.1 Å². The van der Waals surface area contributed by atoms with Gasteiger partial charge in [0, 0.05) is 42.2 Å². The fourth-order valence-corrected chi connectivity index (χ4v) is 1.75. The topological polar surface area (TPSA) is 75.0 Å². The number of amides is 1. The average Bonchev–Trinajstić information content (AvgIpc) is 2.87. The summed E-state index contributed by atoms with van der Waals surface area (Å²) in [5, 5.41) is 6.48. The van der Waals surface area contributed by atoms with Crippen LogP contribution in [0.4, 0.5) is 10.1 Å². The summed E-state index contributed by atoms with van der Waals surface area (Å²) in [4.78, 5) is 13.6. The number of nitrogens with zero attached hydrogens (tertiary/aromatic N) is 2. The minimum Gasteiger partial charge on any atom is -0.398 e. The van der Waals surface area contributed by atoms with Crippen molar-refractivity contribution in [3.05, 3.63) is 47.0 Å². The summed E-state index contributed by atoms with van der Waals surface area (Å²) in [5.74, 6) is -0.758. The highest BCUT2D eigenvalue weighted by molar-refractivity contribution is 5.95. The largest absolute Gasteiger partial charge is 0.398 e. The van der Waals surface area contributed by atoms with Crippen molar-refractivity contribution >= 4 is 11.6 Å². The first-order valence-electron chi connectivity index (χ1n) is 5.77. The molecule has 0 saturated carbocycles. The highest BCUT2D eigenvalue weighted by atomic mass is 19.1. The molecule has 0 fully saturated rings. The number of hydrogen-bond donors (Lipinski definition) is 2. The number of nitrogens with one attached hydrogen (secondary N) is 1. The number of halogens is 1. The van der Waals surface area contributed by atoms with Gasteiger partial charge in [0.25, 0.3) is 5.91 Å². The summed E-state index contributed by atoms with van der Waals surface area (Å²) in [6.07, 6.45) is 3.34. The molecule has 1 heterocycles. The van der Waals surface area contributed by atoms with Crippen LogP contribution in [0.5, 0.6) is 0 Å². The standard InChI is InChI=1S/C13H15FN4O/c1-8-11(14)3-10(4-12(8)15)13(19)18(2)7-9-5-16-17-6-9/h3-6H,7,15H2,1-2H3,(H,16,17). The van der Waals surface area contributed by atoms with E-state index in [0.29, 0.717) is 12.1 Å². The molecule has 0 radical (unpaired) electrons. The van der Waals surface area contributed by atoms with Crippen molar-refractivity contribution in [3.63, 3.8) is 0 Å². The van der Waals surface area contributed by atoms with E-state index in [9.17, 15) is 9.18 Å². The van der Waals surface area contributed by atoms with E-state index in [1.807, 2.05) is 0 Å². The van der Waals surface area contributed by atoms with Gasteiger partial charge in [0.05, 0.1) is 6.20 Å². The summed E-state index contributed by atoms with van der Waals surface area (Å²) in [5.41, 5.74) is 7.42. The lowest BCUT2D eigenvalue weighted by Crippen LogP contribution is -2.26. The van der Waals surface area contributed by atoms with Crippen LogP contribution in [0, 0.1) is 12.7 Å². The molecule has 0 aliphatic heterocycles. The van der Waals surface area contributed by atoms with Crippen LogP contribution >= 0.6 is 0 Å². The van der Waals surface area contributed by atoms with Crippen LogP contribution in [0.2, 0.25) is 0 Å². The van der Waals surface area contributed by atoms with Crippen LogP contribution in [0.25, 0.3) is 0 Å². The molecule has 0 spiro atoms. The Morgan fingerprint density at radius 2 is 2.26 bits per heavy atom. The van der Waals surface area contributed by atoms with Gasteiger partial charge >= 0.3 is 0 Å². The molecule has 0 unspecified atom stereocenters. The van der Waals surface area contributed by atoms with Crippen molar-refractivity contribution in [1.29, 1.82) is 0 Å². The van der Waals surface area contributed by atoms with Gasteiger partial charge in [0.2, 0.25) is 0 Å². The normalized spacial score (nSPS) is 10.5. The summed E-state index contributed by atoms with van der Waals surface area (Å²) in [6, 6.07) is 2.70. The van der Waals surface area contributed by atoms with Crippen molar-refractivity contribution < 1.29 is 9.18 Å². The van der Waals surface area contributed by atoms with Crippen LogP contribution in [0.1, 0.15) is 21.5 Å². The maximum absolute atomic E-state index is 13.6. The highest BCUT2D eigenvalue weighted by Gasteiger charge is 2.15. The Morgan fingerprint density at radius 1 is 1.53 bits per heavy atom. The number of hydrogen-bond acceptors (Lipinski definition) is 3. The van der Waals surface area contributed by atoms with E-state index in [-0.39, 0.29) is 17.2 Å². The SMILES string of the molecule is Cc1c(N)cc(C(=O)N(C)Cc2cn[nH]c2)cc1F. The Balaban J connectivity index is 2.19. The number of nitrogen functional groups attached to an aromatic ring is 1. The van der Waals surface area contributed by atoms with E-state index in [4.69, 9.17) is 5.73 Å². The Bertz CT molecular complexity index is 572. The van der Waals surface area contributed by atoms with Gasteiger partial charge in [-0.25, -0.2) is 4.39 Å². The van der Waals surface area contributed by atoms with Gasteiger partial charge in [-0.15, -0.1) is 0 Å². The summed E-state index contributed by atoms with van der Waals surface area (Å²) < 4.78 is 13.6. The quantitative estimate of drug-likeness (QED) is 0.827. The molecule has 6 heteroatoms. The molecule has 0 bridgehead atoms. The number of H-pyrrole nitrogens is 1. The van der Waals surface area contributed by atoms with Crippen molar-refractivity contribution in [2.75, 3.05) is 12.8 Å². The lowest BCUT2D eigenvalue weighted by Gasteiger charge is -2.17. The lowest BCUT2D eigenvalue weighted by atomic mass is 10.1. The molecule has 0 atom stereocenters. The van der Waals surface area contributed by atoms with Gasteiger partial charge in [-0.2, -0.15) is 5.10 Å². The fraction of sp³-hybridized carbons (Fsp3) is 0.231. The average molecular weight is 262 g/mol. The third-order valence-electron chi connectivity index (χ3n) is 2.95. The maximum Gasteiger partial charge on any atom is 0.254 e. The number of nitrogens with two attached hydrogens (primary N) is 1. The molecular formula is C13H15FN4O. The van der Waals surface area contributed by atoms with E-state index >= 15 is 0 Å². The molecule has 5 nitrogen and oxygen atoms in total. The second-order valence-electron chi connectivity index (χ2n) is 4.44. The molecule has 1 aromatic heterocycles. The maximum atomic E-state index is 13.6. The number of carbonyl (C=O) groups excluding carboxylic acids is 1. The number of aromatic amines is 1. The van der Waals surface area contributed by atoms with Crippen molar-refractivity contribution in [2.45, 2.75) is 13.5 Å². The second-order valence-corrected chi connectivity index (χ2v) is 4.44. The summed E-state index contributed by atoms with van der Waals surface area (Å²) in [6.45, 7) is 1.97. The molecule has 100 valence electrons. The first-order valence-corrected chi connectivity index (χ1v) is 5.77. The van der Waals surface area contributed by atoms with Crippen LogP contribution in [-0.4, -0.2) is 28.1 Å². The summed E-state index contributed by atoms with van der Waals surface area (Å²) >= 11 is 0. The Labute approximate surface area is 110 Å². The predicted octanol–water partition coefficient (Wildman–Crippen LogP) is 1.71. The van der Waals surface area contributed by atoms with E-state index < -0.39 is 5.82 Å². The first-order chi connectivity index (χ1) is 8.99. The van der Waals surface area contributed by atoms with Crippen LogP contribution in [0.15, 0.2) is 24.5 Å². The number of rotatable bonds is 3. The number of benzene rings is 1. The molecular weight excluding hydrogens is 247 g/mol. The molecule has 0 aliphatic carbocycles. The minimum absolute atomic E-state index is 0.242. The smallest absolute Gasteiger partial charge is 0.254 e. The minimum atomic E-state index is -0.472. The number of carbonyl (C=O) groups is 1. The second kappa shape index (κ2) is 5.09. The Hall–Kier alpha value is -2.37. The van der Waals surface area contributed by atoms with Gasteiger partial charge in [0.15, 0.2) is 0 Å². The molecule has 0 aliphatic rings. The Morgan fingerprint density at radius 3 is 2.84 bits per heavy atom. The zero-order valence-corrected chi connectivity index (χ0v) is 10.8. The van der Waals surface area contributed by atoms with Crippen LogP contribution < -0.4 is 5.73 Å². The molecule has 19 heavy (non-hydrogen) atoms. The van der Waals surface area contributed by atoms with Crippen molar-refractivity contribution in [3.8, 4) is 0 Å². The van der Waals surface area contributed by atoms with E-state index in [0.717, 1.165) is 5.56 Å². The first kappa shape index (κ1) is 13.1. The molecule has 1 aromatic carbocycles. The molecule has 0 saturated heterocycles. The molecule has 3 N–H and O–H groups in total. The van der Waals surface area contributed by atoms with Crippen LogP contribution in [0.3, 0.4) is 0 Å². The fourth-order valence-electron chi connectivity index (χ4n) is 1.75. The predicted molar refractivity (Wildman–Crippen MR) is 69.9 cm³/mol. The monoisotopic (exact) mass is 262 g/mol. The lowest BCUT2D eigenvalue weighted by molar-refractivity contribution is 0.0784. The van der Waals surface area contributed by atoms with Crippen molar-refractivity contribution in [2.24, 2.45) is 0 Å². The van der Waals surface area contributed by atoms with E-state index in [1.165, 1.54) is 17.0 Å². The zero-order valence-electron chi connectivity index (χ0n) is 10.8. The van der Waals surface area contributed by atoms with Crippen LogP contribution in [-0.2, 0) is 6.54 Å². The molecule has 1 amide bonds. The highest BCUT2D eigenvalue weighted by Crippen LogP contribution is 2.19. The van der Waals surface area contributed by atoms with Gasteiger partial charge in [-0.1, -0.05) is 0 Å². The van der Waals surface area contributed by atoms with Gasteiger partial charge in [-0.3, -0.25) is 9.89 Å². The number of aromatic nitrogens is 2. The zero-order chi connectivity index (χ0) is 14.0. The van der Waals surface area contributed by atoms with E-state index in [2.05, 4.69) is 10.2 Å². The number of anilines is 1. The van der Waals surface area contributed by atoms with Gasteiger partial charge in [-0.05, 0) is 19.1 Å². The molecule has 2 rings (SSSR count). The van der Waals surface area contributed by atoms with Gasteiger partial charge < -0.3 is 10.6 Å². The molecule has 2 aromatic rings.